The van der Waals surface area contributed by atoms with Crippen LogP contribution in [-0.4, -0.2) is 29.6 Å². The Balaban J connectivity index is 1.78. The van der Waals surface area contributed by atoms with Crippen molar-refractivity contribution < 1.29 is 14.7 Å². The topological polar surface area (TPSA) is 96.9 Å². The van der Waals surface area contributed by atoms with Crippen LogP contribution in [0.2, 0.25) is 0 Å². The molecule has 114 valence electrons. The fourth-order valence-corrected chi connectivity index (χ4v) is 2.28. The number of nitrogens with two attached hydrogens (primary N) is 1. The summed E-state index contributed by atoms with van der Waals surface area (Å²) < 4.78 is 5.41. The minimum absolute atomic E-state index is 0.0139. The molecule has 1 unspecified atom stereocenters. The smallest absolute Gasteiger partial charge is 0.258 e. The molecule has 1 saturated carbocycles. The first-order chi connectivity index (χ1) is 10.1. The molecule has 0 radical (unpaired) electrons. The number of hydrogen-bond donors (Lipinski definition) is 3. The number of rotatable bonds is 6. The lowest BCUT2D eigenvalue weighted by atomic mass is 9.80. The molecule has 1 aromatic carbocycles. The zero-order valence-electron chi connectivity index (χ0n) is 12.1. The van der Waals surface area contributed by atoms with E-state index in [2.05, 4.69) is 10.5 Å². The van der Waals surface area contributed by atoms with Crippen LogP contribution >= 0.6 is 0 Å². The Bertz CT molecular complexity index is 509. The first-order valence-corrected chi connectivity index (χ1v) is 7.10. The molecule has 6 nitrogen and oxygen atoms in total. The molecule has 0 spiro atoms. The third kappa shape index (κ3) is 4.11. The molecule has 0 aliphatic heterocycles. The van der Waals surface area contributed by atoms with E-state index in [0.29, 0.717) is 17.2 Å². The molecule has 1 fully saturated rings. The van der Waals surface area contributed by atoms with Crippen LogP contribution in [0.25, 0.3) is 0 Å². The van der Waals surface area contributed by atoms with E-state index in [4.69, 9.17) is 15.7 Å². The third-order valence-corrected chi connectivity index (χ3v) is 3.87. The van der Waals surface area contributed by atoms with Crippen LogP contribution < -0.4 is 15.8 Å². The fourth-order valence-electron chi connectivity index (χ4n) is 2.28. The highest BCUT2D eigenvalue weighted by Gasteiger charge is 2.24. The summed E-state index contributed by atoms with van der Waals surface area (Å²) in [5, 5.41) is 14.4. The Kier molecular flexibility index (Phi) is 5.03. The zero-order valence-corrected chi connectivity index (χ0v) is 12.1. The number of carbonyl (C=O) groups excluding carboxylic acids is 1. The van der Waals surface area contributed by atoms with Crippen LogP contribution in [0, 0.1) is 5.92 Å². The summed E-state index contributed by atoms with van der Waals surface area (Å²) in [6.45, 7) is 2.02. The molecule has 1 atom stereocenters. The maximum atomic E-state index is 11.8. The van der Waals surface area contributed by atoms with Crippen LogP contribution in [0.4, 0.5) is 0 Å². The van der Waals surface area contributed by atoms with Gasteiger partial charge in [-0.25, -0.2) is 0 Å². The SMILES string of the molecule is CC(NC(=O)COc1ccc(/C(N)=N/O)cc1)C1CCC1. The molecule has 1 aliphatic rings. The van der Waals surface area contributed by atoms with Gasteiger partial charge in [0.2, 0.25) is 0 Å². The van der Waals surface area contributed by atoms with E-state index in [-0.39, 0.29) is 24.4 Å². The van der Waals surface area contributed by atoms with Gasteiger partial charge in [0.05, 0.1) is 0 Å². The summed E-state index contributed by atoms with van der Waals surface area (Å²) in [7, 11) is 0. The standard InChI is InChI=1S/C15H21N3O3/c1-10(11-3-2-4-11)17-14(19)9-21-13-7-5-12(6-8-13)15(16)18-20/h5-8,10-11,20H,2-4,9H2,1H3,(H2,16,18)(H,17,19). The number of oxime groups is 1. The van der Waals surface area contributed by atoms with Crippen molar-refractivity contribution in [3.8, 4) is 5.75 Å². The minimum atomic E-state index is -0.116. The number of ether oxygens (including phenoxy) is 1. The number of nitrogens with one attached hydrogen (secondary N) is 1. The van der Waals surface area contributed by atoms with Crippen molar-refractivity contribution in [2.75, 3.05) is 6.61 Å². The van der Waals surface area contributed by atoms with Crippen LogP contribution in [0.3, 0.4) is 0 Å². The van der Waals surface area contributed by atoms with Gasteiger partial charge in [-0.3, -0.25) is 4.79 Å². The van der Waals surface area contributed by atoms with Crippen molar-refractivity contribution in [3.63, 3.8) is 0 Å². The van der Waals surface area contributed by atoms with Crippen LogP contribution in [0.1, 0.15) is 31.7 Å². The normalized spacial score (nSPS) is 16.9. The second kappa shape index (κ2) is 6.97. The van der Waals surface area contributed by atoms with E-state index in [0.717, 1.165) is 0 Å². The molecule has 1 amide bonds. The van der Waals surface area contributed by atoms with E-state index in [9.17, 15) is 4.79 Å². The summed E-state index contributed by atoms with van der Waals surface area (Å²) in [4.78, 5) is 11.8. The largest absolute Gasteiger partial charge is 0.484 e. The maximum absolute atomic E-state index is 11.8. The molecule has 21 heavy (non-hydrogen) atoms. The lowest BCUT2D eigenvalue weighted by molar-refractivity contribution is -0.124. The zero-order chi connectivity index (χ0) is 15.2. The fraction of sp³-hybridized carbons (Fsp3) is 0.467. The second-order valence-electron chi connectivity index (χ2n) is 5.35. The molecular formula is C15H21N3O3. The predicted molar refractivity (Wildman–Crippen MR) is 79.4 cm³/mol. The monoisotopic (exact) mass is 291 g/mol. The molecule has 0 saturated heterocycles. The average Bonchev–Trinajstić information content (AvgIpc) is 2.43. The number of nitrogens with zero attached hydrogens (tertiary/aromatic N) is 1. The highest BCUT2D eigenvalue weighted by Crippen LogP contribution is 2.29. The number of benzene rings is 1. The summed E-state index contributed by atoms with van der Waals surface area (Å²) in [5.74, 6) is 1.09. The Morgan fingerprint density at radius 3 is 2.67 bits per heavy atom. The highest BCUT2D eigenvalue weighted by molar-refractivity contribution is 5.97. The first kappa shape index (κ1) is 15.2. The molecule has 2 rings (SSSR count). The lowest BCUT2D eigenvalue weighted by Gasteiger charge is -2.31. The van der Waals surface area contributed by atoms with E-state index in [1.54, 1.807) is 24.3 Å². The Morgan fingerprint density at radius 2 is 2.14 bits per heavy atom. The van der Waals surface area contributed by atoms with Gasteiger partial charge in [0, 0.05) is 11.6 Å². The van der Waals surface area contributed by atoms with Crippen molar-refractivity contribution in [2.24, 2.45) is 16.8 Å². The van der Waals surface area contributed by atoms with Crippen LogP contribution in [0.15, 0.2) is 29.4 Å². The van der Waals surface area contributed by atoms with Crippen LogP contribution in [0.5, 0.6) is 5.75 Å². The van der Waals surface area contributed by atoms with Gasteiger partial charge in [0.15, 0.2) is 12.4 Å². The van der Waals surface area contributed by atoms with E-state index in [1.165, 1.54) is 19.3 Å². The molecular weight excluding hydrogens is 270 g/mol. The molecule has 1 aromatic rings. The number of amides is 1. The molecule has 0 aromatic heterocycles. The second-order valence-corrected chi connectivity index (χ2v) is 5.35. The van der Waals surface area contributed by atoms with E-state index < -0.39 is 0 Å². The Labute approximate surface area is 124 Å². The van der Waals surface area contributed by atoms with Crippen molar-refractivity contribution >= 4 is 11.7 Å². The molecule has 1 aliphatic carbocycles. The number of carbonyl (C=O) groups is 1. The Morgan fingerprint density at radius 1 is 1.48 bits per heavy atom. The summed E-state index contributed by atoms with van der Waals surface area (Å²) in [6, 6.07) is 6.89. The summed E-state index contributed by atoms with van der Waals surface area (Å²) in [6.07, 6.45) is 3.64. The van der Waals surface area contributed by atoms with Gasteiger partial charge in [-0.15, -0.1) is 0 Å². The quantitative estimate of drug-likeness (QED) is 0.320. The molecule has 6 heteroatoms. The lowest BCUT2D eigenvalue weighted by Crippen LogP contribution is -2.42. The first-order valence-electron chi connectivity index (χ1n) is 7.10. The van der Waals surface area contributed by atoms with Gasteiger partial charge < -0.3 is 21.0 Å². The van der Waals surface area contributed by atoms with Crippen molar-refractivity contribution in [3.05, 3.63) is 29.8 Å². The van der Waals surface area contributed by atoms with Crippen molar-refractivity contribution in [2.45, 2.75) is 32.2 Å². The predicted octanol–water partition coefficient (Wildman–Crippen LogP) is 1.46. The summed E-state index contributed by atoms with van der Waals surface area (Å²) >= 11 is 0. The van der Waals surface area contributed by atoms with Gasteiger partial charge in [0.25, 0.3) is 5.91 Å². The highest BCUT2D eigenvalue weighted by atomic mass is 16.5. The number of amidine groups is 1. The summed E-state index contributed by atoms with van der Waals surface area (Å²) in [5.41, 5.74) is 6.05. The van der Waals surface area contributed by atoms with Gasteiger partial charge >= 0.3 is 0 Å². The molecule has 0 bridgehead atoms. The van der Waals surface area contributed by atoms with E-state index >= 15 is 0 Å². The van der Waals surface area contributed by atoms with Gasteiger partial charge in [0.1, 0.15) is 5.75 Å². The third-order valence-electron chi connectivity index (χ3n) is 3.87. The number of hydrogen-bond acceptors (Lipinski definition) is 4. The van der Waals surface area contributed by atoms with Gasteiger partial charge in [-0.05, 0) is 49.9 Å². The molecule has 0 heterocycles. The maximum Gasteiger partial charge on any atom is 0.258 e. The van der Waals surface area contributed by atoms with Crippen LogP contribution in [-0.2, 0) is 4.79 Å². The van der Waals surface area contributed by atoms with Gasteiger partial charge in [-0.1, -0.05) is 11.6 Å². The van der Waals surface area contributed by atoms with Gasteiger partial charge in [-0.2, -0.15) is 0 Å². The minimum Gasteiger partial charge on any atom is -0.484 e. The van der Waals surface area contributed by atoms with Crippen molar-refractivity contribution in [1.82, 2.24) is 5.32 Å². The molecule has 4 N–H and O–H groups in total. The van der Waals surface area contributed by atoms with E-state index in [1.807, 2.05) is 6.92 Å². The van der Waals surface area contributed by atoms with Crippen molar-refractivity contribution in [1.29, 1.82) is 0 Å². The Hall–Kier alpha value is -2.24. The average molecular weight is 291 g/mol.